The topological polar surface area (TPSA) is 70.3 Å². The van der Waals surface area contributed by atoms with Gasteiger partial charge >= 0.3 is 5.91 Å². The number of isocyanates is 1. The van der Waals surface area contributed by atoms with Crippen LogP contribution < -0.4 is 0 Å². The van der Waals surface area contributed by atoms with Gasteiger partial charge in [0.25, 0.3) is 0 Å². The minimum absolute atomic E-state index is 0.921. The van der Waals surface area contributed by atoms with Gasteiger partial charge in [0.1, 0.15) is 0 Å². The summed E-state index contributed by atoms with van der Waals surface area (Å²) in [5.41, 5.74) is 0. The van der Waals surface area contributed by atoms with Crippen molar-refractivity contribution in [2.75, 3.05) is 0 Å². The van der Waals surface area contributed by atoms with Crippen LogP contribution in [-0.2, 0) is 9.59 Å². The number of hydrogen-bond acceptors (Lipinski definition) is 3. The number of hydrogen-bond donors (Lipinski definition) is 0. The van der Waals surface area contributed by atoms with E-state index >= 15 is 0 Å². The second kappa shape index (κ2) is 2.76. The molecule has 0 aromatic rings. The molecule has 0 N–H and O–H groups in total. The Morgan fingerprint density at radius 1 is 1.71 bits per heavy atom. The van der Waals surface area contributed by atoms with Crippen LogP contribution >= 0.6 is 0 Å². The Balaban J connectivity index is 3.91. The molecule has 0 spiro atoms. The number of nitrogens with zero attached hydrogens (tertiary/aromatic N) is 2. The van der Waals surface area contributed by atoms with E-state index < -0.39 is 5.91 Å². The third-order valence-electron chi connectivity index (χ3n) is 0.243. The molecule has 0 aliphatic carbocycles. The van der Waals surface area contributed by atoms with Crippen molar-refractivity contribution in [3.05, 3.63) is 0 Å². The fourth-order valence-corrected chi connectivity index (χ4v) is 0.0665. The van der Waals surface area contributed by atoms with E-state index in [1.165, 1.54) is 0 Å². The molecule has 0 saturated carbocycles. The van der Waals surface area contributed by atoms with Crippen molar-refractivity contribution in [2.24, 2.45) is 4.99 Å². The Labute approximate surface area is 39.1 Å². The molecule has 0 bridgehead atoms. The summed E-state index contributed by atoms with van der Waals surface area (Å²) in [4.78, 5) is 21.2. The van der Waals surface area contributed by atoms with Gasteiger partial charge in [0, 0.05) is 0 Å². The van der Waals surface area contributed by atoms with Gasteiger partial charge in [0.2, 0.25) is 6.08 Å². The average Bonchev–Trinajstić information content (AvgIpc) is 1.68. The fourth-order valence-electron chi connectivity index (χ4n) is 0.0665. The second-order valence-corrected chi connectivity index (χ2v) is 0.620. The van der Waals surface area contributed by atoms with E-state index in [4.69, 9.17) is 10.1 Å². The van der Waals surface area contributed by atoms with E-state index in [0.717, 1.165) is 12.1 Å². The van der Waals surface area contributed by atoms with Crippen molar-refractivity contribution >= 4 is 12.0 Å². The SMILES string of the molecule is N#CC(=O)N=C=O. The van der Waals surface area contributed by atoms with Crippen LogP contribution in [0.3, 0.4) is 0 Å². The normalized spacial score (nSPS) is 5.57. The quantitative estimate of drug-likeness (QED) is 0.229. The van der Waals surface area contributed by atoms with Crippen molar-refractivity contribution in [2.45, 2.75) is 0 Å². The molecule has 0 atom stereocenters. The summed E-state index contributed by atoms with van der Waals surface area (Å²) in [6.45, 7) is 0. The van der Waals surface area contributed by atoms with Crippen molar-refractivity contribution in [1.82, 2.24) is 0 Å². The maximum atomic E-state index is 9.62. The molecule has 7 heavy (non-hydrogen) atoms. The van der Waals surface area contributed by atoms with E-state index in [1.807, 2.05) is 0 Å². The summed E-state index contributed by atoms with van der Waals surface area (Å²) in [7, 11) is 0. The monoisotopic (exact) mass is 96.0 g/mol. The predicted molar refractivity (Wildman–Crippen MR) is 18.7 cm³/mol. The van der Waals surface area contributed by atoms with Crippen LogP contribution in [0.2, 0.25) is 0 Å². The molecule has 1 amide bonds. The summed E-state index contributed by atoms with van der Waals surface area (Å²) in [5, 5.41) is 7.59. The summed E-state index contributed by atoms with van der Waals surface area (Å²) in [5.74, 6) is -1.12. The Kier molecular flexibility index (Phi) is 2.18. The fraction of sp³-hybridized carbons (Fsp3) is 0. The average molecular weight is 96.0 g/mol. The molecule has 0 aliphatic rings. The van der Waals surface area contributed by atoms with Crippen LogP contribution in [0.25, 0.3) is 0 Å². The van der Waals surface area contributed by atoms with Gasteiger partial charge < -0.3 is 0 Å². The highest BCUT2D eigenvalue weighted by Crippen LogP contribution is 1.62. The molecular weight excluding hydrogens is 96.0 g/mol. The molecule has 4 heteroatoms. The Hall–Kier alpha value is -1.46. The van der Waals surface area contributed by atoms with Crippen molar-refractivity contribution in [3.8, 4) is 6.07 Å². The van der Waals surface area contributed by atoms with Gasteiger partial charge in [-0.25, -0.2) is 4.79 Å². The van der Waals surface area contributed by atoms with E-state index in [9.17, 15) is 4.79 Å². The first kappa shape index (κ1) is 5.54. The molecule has 4 nitrogen and oxygen atoms in total. The number of rotatable bonds is 0. The molecule has 0 aromatic heterocycles. The summed E-state index contributed by atoms with van der Waals surface area (Å²) < 4.78 is 0. The van der Waals surface area contributed by atoms with Crippen LogP contribution in [0.15, 0.2) is 4.99 Å². The van der Waals surface area contributed by atoms with E-state index in [-0.39, 0.29) is 0 Å². The standard InChI is InChI=1S/C3N2O2/c4-1-3(7)5-2-6. The predicted octanol–water partition coefficient (Wildman–Crippen LogP) is -0.628. The van der Waals surface area contributed by atoms with Crippen LogP contribution in [0, 0.1) is 11.3 Å². The zero-order valence-electron chi connectivity index (χ0n) is 3.21. The maximum absolute atomic E-state index is 9.62. The van der Waals surface area contributed by atoms with Gasteiger partial charge in [-0.2, -0.15) is 5.26 Å². The van der Waals surface area contributed by atoms with E-state index in [1.54, 1.807) is 0 Å². The molecule has 0 unspecified atom stereocenters. The zero-order valence-corrected chi connectivity index (χ0v) is 3.21. The van der Waals surface area contributed by atoms with Crippen molar-refractivity contribution in [3.63, 3.8) is 0 Å². The molecule has 0 radical (unpaired) electrons. The summed E-state index contributed by atoms with van der Waals surface area (Å²) in [6.07, 6.45) is 0.921. The van der Waals surface area contributed by atoms with Crippen LogP contribution in [0.1, 0.15) is 0 Å². The largest absolute Gasteiger partial charge is 0.358 e. The van der Waals surface area contributed by atoms with Gasteiger partial charge in [-0.15, -0.1) is 4.99 Å². The van der Waals surface area contributed by atoms with Crippen LogP contribution in [0.5, 0.6) is 0 Å². The Bertz CT molecular complexity index is 160. The third-order valence-corrected chi connectivity index (χ3v) is 0.243. The first-order chi connectivity index (χ1) is 3.31. The first-order valence-corrected chi connectivity index (χ1v) is 1.33. The van der Waals surface area contributed by atoms with Crippen LogP contribution in [-0.4, -0.2) is 12.0 Å². The van der Waals surface area contributed by atoms with E-state index in [2.05, 4.69) is 4.99 Å². The maximum Gasteiger partial charge on any atom is 0.358 e. The number of nitriles is 1. The number of amides is 1. The lowest BCUT2D eigenvalue weighted by molar-refractivity contribution is -0.112. The number of carbonyl (C=O) groups excluding carboxylic acids is 2. The molecule has 0 heterocycles. The summed E-state index contributed by atoms with van der Waals surface area (Å²) >= 11 is 0. The molecule has 0 fully saturated rings. The van der Waals surface area contributed by atoms with Gasteiger partial charge in [-0.1, -0.05) is 0 Å². The van der Waals surface area contributed by atoms with Gasteiger partial charge in [-0.3, -0.25) is 4.79 Å². The lowest BCUT2D eigenvalue weighted by atomic mass is 10.7. The minimum atomic E-state index is -1.12. The molecule has 0 aliphatic heterocycles. The zero-order chi connectivity index (χ0) is 5.70. The van der Waals surface area contributed by atoms with Gasteiger partial charge in [0.05, 0.1) is 0 Å². The summed E-state index contributed by atoms with van der Waals surface area (Å²) in [6, 6.07) is 1.10. The number of carbonyl (C=O) groups is 1. The second-order valence-electron chi connectivity index (χ2n) is 0.620. The molecular formula is C3N2O2. The first-order valence-electron chi connectivity index (χ1n) is 1.33. The molecule has 34 valence electrons. The number of aliphatic imine (C=N–C) groups is 1. The molecule has 0 rings (SSSR count). The third kappa shape index (κ3) is 2.34. The highest BCUT2D eigenvalue weighted by Gasteiger charge is 1.87. The smallest absolute Gasteiger partial charge is 0.254 e. The lowest BCUT2D eigenvalue weighted by Gasteiger charge is -1.58. The Morgan fingerprint density at radius 2 is 2.29 bits per heavy atom. The van der Waals surface area contributed by atoms with Crippen molar-refractivity contribution in [1.29, 1.82) is 5.26 Å². The molecule has 0 saturated heterocycles. The lowest BCUT2D eigenvalue weighted by Crippen LogP contribution is -1.82. The Morgan fingerprint density at radius 3 is 2.43 bits per heavy atom. The van der Waals surface area contributed by atoms with Gasteiger partial charge in [0.15, 0.2) is 6.07 Å². The minimum Gasteiger partial charge on any atom is -0.254 e. The molecule has 0 aromatic carbocycles. The highest BCUT2D eigenvalue weighted by atomic mass is 16.2. The van der Waals surface area contributed by atoms with Crippen molar-refractivity contribution < 1.29 is 9.59 Å². The van der Waals surface area contributed by atoms with E-state index in [0.29, 0.717) is 0 Å². The van der Waals surface area contributed by atoms with Gasteiger partial charge in [-0.05, 0) is 0 Å². The van der Waals surface area contributed by atoms with Crippen LogP contribution in [0.4, 0.5) is 0 Å². The highest BCUT2D eigenvalue weighted by molar-refractivity contribution is 5.94.